The zero-order chi connectivity index (χ0) is 28.5. The Labute approximate surface area is 220 Å². The summed E-state index contributed by atoms with van der Waals surface area (Å²) in [6.07, 6.45) is 2.80. The van der Waals surface area contributed by atoms with E-state index < -0.39 is 39.8 Å². The Morgan fingerprint density at radius 2 is 1.68 bits per heavy atom. The summed E-state index contributed by atoms with van der Waals surface area (Å²) in [4.78, 5) is 39.0. The van der Waals surface area contributed by atoms with Gasteiger partial charge in [0.1, 0.15) is 23.4 Å². The highest BCUT2D eigenvalue weighted by Crippen LogP contribution is 2.17. The second-order valence-corrected chi connectivity index (χ2v) is 9.54. The third-order valence-corrected chi connectivity index (χ3v) is 5.87. The van der Waals surface area contributed by atoms with Crippen molar-refractivity contribution < 1.29 is 36.8 Å². The number of esters is 2. The Morgan fingerprint density at radius 1 is 1.11 bits per heavy atom. The van der Waals surface area contributed by atoms with Crippen LogP contribution in [0.3, 0.4) is 0 Å². The fraction of sp³-hybridized carbons (Fsp3) is 0.231. The highest BCUT2D eigenvalue weighted by Gasteiger charge is 2.34. The van der Waals surface area contributed by atoms with E-state index in [1.54, 1.807) is 24.3 Å². The summed E-state index contributed by atoms with van der Waals surface area (Å²) in [6.45, 7) is 6.31. The number of hydrogen-bond acceptors (Lipinski definition) is 8. The van der Waals surface area contributed by atoms with Gasteiger partial charge in [-0.15, -0.1) is 6.58 Å². The van der Waals surface area contributed by atoms with Crippen LogP contribution in [-0.2, 0) is 24.4 Å². The van der Waals surface area contributed by atoms with Crippen LogP contribution in [0.4, 0.5) is 0 Å². The van der Waals surface area contributed by atoms with Crippen LogP contribution in [0.15, 0.2) is 66.8 Å². The van der Waals surface area contributed by atoms with Crippen molar-refractivity contribution in [3.63, 3.8) is 0 Å². The second-order valence-electron chi connectivity index (χ2n) is 8.04. The lowest BCUT2D eigenvalue weighted by atomic mass is 10.1. The van der Waals surface area contributed by atoms with Gasteiger partial charge < -0.3 is 20.1 Å². The lowest BCUT2D eigenvalue weighted by Crippen LogP contribution is -2.49. The Morgan fingerprint density at radius 3 is 2.18 bits per heavy atom. The average molecular weight is 544 g/mol. The molecular formula is C26H29N3O8S. The summed E-state index contributed by atoms with van der Waals surface area (Å²) in [5.41, 5.74) is 6.83. The zero-order valence-electron chi connectivity index (χ0n) is 20.9. The summed E-state index contributed by atoms with van der Waals surface area (Å²) >= 11 is 0. The predicted octanol–water partition coefficient (Wildman–Crippen LogP) is 2.43. The van der Waals surface area contributed by atoms with Crippen LogP contribution in [0.1, 0.15) is 35.3 Å². The summed E-state index contributed by atoms with van der Waals surface area (Å²) in [5, 5.41) is 7.39. The molecule has 2 aromatic rings. The minimum atomic E-state index is -4.62. The van der Waals surface area contributed by atoms with Gasteiger partial charge in [-0.05, 0) is 61.9 Å². The van der Waals surface area contributed by atoms with Crippen molar-refractivity contribution in [2.24, 2.45) is 5.73 Å². The molecule has 0 aliphatic heterocycles. The zero-order valence-corrected chi connectivity index (χ0v) is 21.7. The van der Waals surface area contributed by atoms with Crippen LogP contribution in [0.2, 0.25) is 0 Å². The molecule has 0 bridgehead atoms. The first-order valence-corrected chi connectivity index (χ1v) is 13.0. The van der Waals surface area contributed by atoms with Crippen molar-refractivity contribution in [2.45, 2.75) is 19.9 Å². The fourth-order valence-electron chi connectivity index (χ4n) is 3.34. The van der Waals surface area contributed by atoms with Crippen molar-refractivity contribution in [1.82, 2.24) is 4.90 Å². The molecule has 0 radical (unpaired) electrons. The van der Waals surface area contributed by atoms with Crippen LogP contribution in [-0.4, -0.2) is 66.5 Å². The third-order valence-electron chi connectivity index (χ3n) is 5.13. The molecule has 2 aromatic carbocycles. The van der Waals surface area contributed by atoms with Gasteiger partial charge in [-0.25, -0.2) is 9.59 Å². The van der Waals surface area contributed by atoms with E-state index in [0.717, 1.165) is 4.90 Å². The van der Waals surface area contributed by atoms with Crippen molar-refractivity contribution in [3.8, 4) is 5.75 Å². The Hall–Kier alpha value is -4.29. The largest absolute Gasteiger partial charge is 0.464 e. The van der Waals surface area contributed by atoms with Crippen molar-refractivity contribution >= 4 is 39.9 Å². The number of amides is 1. The molecule has 0 fully saturated rings. The van der Waals surface area contributed by atoms with Crippen LogP contribution in [0.5, 0.6) is 5.75 Å². The van der Waals surface area contributed by atoms with E-state index in [1.165, 1.54) is 50.3 Å². The number of nitrogens with zero attached hydrogens (tertiary/aromatic N) is 1. The second kappa shape index (κ2) is 13.3. The summed E-state index contributed by atoms with van der Waals surface area (Å²) in [7, 11) is -4.62. The Bertz CT molecular complexity index is 1330. The minimum absolute atomic E-state index is 0.0513. The van der Waals surface area contributed by atoms with Crippen LogP contribution in [0.25, 0.3) is 6.08 Å². The molecule has 2 rings (SSSR count). The number of ether oxygens (including phenoxy) is 2. The molecule has 0 aromatic heterocycles. The van der Waals surface area contributed by atoms with Gasteiger partial charge in [-0.2, -0.15) is 8.42 Å². The number of nitrogen functional groups attached to an aromatic ring is 1. The minimum Gasteiger partial charge on any atom is -0.464 e. The molecule has 0 saturated heterocycles. The molecule has 4 N–H and O–H groups in total. The SMILES string of the molecule is C=CCN(C(=O)/C(C)=C/c1ccc(C(=O)Oc2ccc(C(=N)N)cc2)cc1)C(CS(=O)(=O)O)C(=O)OCC. The van der Waals surface area contributed by atoms with Gasteiger partial charge >= 0.3 is 11.9 Å². The van der Waals surface area contributed by atoms with E-state index in [-0.39, 0.29) is 35.9 Å². The van der Waals surface area contributed by atoms with Gasteiger partial charge in [-0.1, -0.05) is 18.2 Å². The molecule has 12 heteroatoms. The number of carbonyl (C=O) groups excluding carboxylic acids is 3. The molecule has 0 spiro atoms. The molecule has 0 heterocycles. The van der Waals surface area contributed by atoms with E-state index in [1.807, 2.05) is 0 Å². The molecule has 1 amide bonds. The summed E-state index contributed by atoms with van der Waals surface area (Å²) < 4.78 is 42.5. The number of hydrogen-bond donors (Lipinski definition) is 3. The van der Waals surface area contributed by atoms with Crippen LogP contribution >= 0.6 is 0 Å². The number of rotatable bonds is 12. The first kappa shape index (κ1) is 29.9. The quantitative estimate of drug-likeness (QED) is 0.0690. The smallest absolute Gasteiger partial charge is 0.343 e. The van der Waals surface area contributed by atoms with E-state index in [2.05, 4.69) is 6.58 Å². The molecule has 202 valence electrons. The first-order valence-electron chi connectivity index (χ1n) is 11.3. The molecule has 1 unspecified atom stereocenters. The van der Waals surface area contributed by atoms with E-state index >= 15 is 0 Å². The van der Waals surface area contributed by atoms with Gasteiger partial charge in [0.05, 0.1) is 12.2 Å². The van der Waals surface area contributed by atoms with Gasteiger partial charge in [0.2, 0.25) is 0 Å². The van der Waals surface area contributed by atoms with E-state index in [9.17, 15) is 27.4 Å². The van der Waals surface area contributed by atoms with Gasteiger partial charge in [0.15, 0.2) is 0 Å². The maximum absolute atomic E-state index is 13.1. The lowest BCUT2D eigenvalue weighted by Gasteiger charge is -2.28. The van der Waals surface area contributed by atoms with Crippen LogP contribution < -0.4 is 10.5 Å². The molecule has 0 saturated carbocycles. The lowest BCUT2D eigenvalue weighted by molar-refractivity contribution is -0.152. The van der Waals surface area contributed by atoms with Crippen molar-refractivity contribution in [1.29, 1.82) is 5.41 Å². The number of benzene rings is 2. The van der Waals surface area contributed by atoms with E-state index in [0.29, 0.717) is 11.1 Å². The highest BCUT2D eigenvalue weighted by atomic mass is 32.2. The molecule has 0 aliphatic carbocycles. The standard InChI is InChI=1S/C26H29N3O8S/c1-4-14-29(22(16-38(33,34)35)26(32)36-5-2)24(30)17(3)15-18-6-8-20(9-7-18)25(31)37-21-12-10-19(11-13-21)23(27)28/h4,6-13,15,22H,1,5,14,16H2,2-3H3,(H3,27,28)(H,33,34,35)/b17-15+. The Kier molecular flexibility index (Phi) is 10.5. The summed E-state index contributed by atoms with van der Waals surface area (Å²) in [6, 6.07) is 10.7. The molecule has 11 nitrogen and oxygen atoms in total. The first-order chi connectivity index (χ1) is 17.9. The van der Waals surface area contributed by atoms with E-state index in [4.69, 9.17) is 20.6 Å². The Balaban J connectivity index is 2.21. The van der Waals surface area contributed by atoms with Crippen molar-refractivity contribution in [2.75, 3.05) is 18.9 Å². The van der Waals surface area contributed by atoms with Gasteiger partial charge in [-0.3, -0.25) is 14.8 Å². The summed E-state index contributed by atoms with van der Waals surface area (Å²) in [5.74, 6) is -3.15. The number of nitrogens with one attached hydrogen (secondary N) is 1. The molecule has 1 atom stereocenters. The monoisotopic (exact) mass is 543 g/mol. The number of carbonyl (C=O) groups is 3. The molecular weight excluding hydrogens is 514 g/mol. The highest BCUT2D eigenvalue weighted by molar-refractivity contribution is 7.85. The average Bonchev–Trinajstić information content (AvgIpc) is 2.86. The number of amidine groups is 1. The normalized spacial score (nSPS) is 12.2. The van der Waals surface area contributed by atoms with Gasteiger partial charge in [0, 0.05) is 17.7 Å². The fourth-order valence-corrected chi connectivity index (χ4v) is 4.05. The maximum Gasteiger partial charge on any atom is 0.343 e. The topological polar surface area (TPSA) is 177 Å². The predicted molar refractivity (Wildman–Crippen MR) is 141 cm³/mol. The van der Waals surface area contributed by atoms with Crippen molar-refractivity contribution in [3.05, 3.63) is 83.4 Å². The van der Waals surface area contributed by atoms with Crippen LogP contribution in [0, 0.1) is 5.41 Å². The molecule has 38 heavy (non-hydrogen) atoms. The third kappa shape index (κ3) is 8.68. The molecule has 0 aliphatic rings. The van der Waals surface area contributed by atoms with Gasteiger partial charge in [0.25, 0.3) is 16.0 Å². The number of nitrogens with two attached hydrogens (primary N) is 1. The maximum atomic E-state index is 13.1.